The van der Waals surface area contributed by atoms with E-state index in [1.807, 2.05) is 12.1 Å². The van der Waals surface area contributed by atoms with Gasteiger partial charge in [0, 0.05) is 43.6 Å². The molecule has 0 radical (unpaired) electrons. The molecule has 0 spiro atoms. The van der Waals surface area contributed by atoms with E-state index in [0.29, 0.717) is 31.9 Å². The van der Waals surface area contributed by atoms with Gasteiger partial charge in [0.05, 0.1) is 5.69 Å². The number of piperazine rings is 1. The summed E-state index contributed by atoms with van der Waals surface area (Å²) in [5, 5.41) is 21.4. The van der Waals surface area contributed by atoms with Crippen LogP contribution in [0.5, 0.6) is 11.5 Å². The van der Waals surface area contributed by atoms with Crippen LogP contribution in [0.25, 0.3) is 0 Å². The summed E-state index contributed by atoms with van der Waals surface area (Å²) < 4.78 is 0. The van der Waals surface area contributed by atoms with Crippen LogP contribution in [0.15, 0.2) is 42.5 Å². The second-order valence-corrected chi connectivity index (χ2v) is 6.02. The van der Waals surface area contributed by atoms with Gasteiger partial charge in [0.2, 0.25) is 0 Å². The smallest absolute Gasteiger partial charge is 0.313 e. The highest BCUT2D eigenvalue weighted by atomic mass is 16.3. The van der Waals surface area contributed by atoms with Gasteiger partial charge in [0.15, 0.2) is 0 Å². The van der Waals surface area contributed by atoms with Gasteiger partial charge in [-0.05, 0) is 36.4 Å². The molecule has 0 aromatic heterocycles. The van der Waals surface area contributed by atoms with E-state index in [1.54, 1.807) is 12.1 Å². The number of carbonyl (C=O) groups is 2. The molecule has 2 aromatic carbocycles. The number of nitrogens with zero attached hydrogens (tertiary/aromatic N) is 2. The molecule has 5 N–H and O–H groups in total. The van der Waals surface area contributed by atoms with Crippen molar-refractivity contribution < 1.29 is 19.8 Å². The number of aromatic hydroxyl groups is 2. The summed E-state index contributed by atoms with van der Waals surface area (Å²) in [5.74, 6) is -1.33. The maximum Gasteiger partial charge on any atom is 0.313 e. The number of carbonyl (C=O) groups excluding carboxylic acids is 2. The molecule has 0 bridgehead atoms. The molecule has 8 heteroatoms. The van der Waals surface area contributed by atoms with Crippen molar-refractivity contribution in [2.24, 2.45) is 0 Å². The number of hydrogen-bond donors (Lipinski definition) is 4. The van der Waals surface area contributed by atoms with E-state index < -0.39 is 11.8 Å². The Morgan fingerprint density at radius 1 is 0.962 bits per heavy atom. The van der Waals surface area contributed by atoms with Gasteiger partial charge in [0.25, 0.3) is 0 Å². The number of hydrogen-bond acceptors (Lipinski definition) is 6. The molecule has 1 saturated heterocycles. The third-order valence-corrected chi connectivity index (χ3v) is 4.26. The highest BCUT2D eigenvalue weighted by molar-refractivity contribution is 6.39. The van der Waals surface area contributed by atoms with E-state index in [-0.39, 0.29) is 17.2 Å². The van der Waals surface area contributed by atoms with E-state index >= 15 is 0 Å². The average molecular weight is 356 g/mol. The van der Waals surface area contributed by atoms with Crippen LogP contribution in [0.3, 0.4) is 0 Å². The molecule has 1 heterocycles. The molecule has 2 amide bonds. The molecular weight excluding hydrogens is 336 g/mol. The zero-order valence-corrected chi connectivity index (χ0v) is 14.1. The van der Waals surface area contributed by atoms with Crippen LogP contribution in [-0.4, -0.2) is 53.1 Å². The molecule has 1 fully saturated rings. The standard InChI is InChI=1S/C18H20N4O4/c19-15-6-1-12(11-16(15)24)20-17(25)18(26)22-9-7-21(8-10-22)13-2-4-14(23)5-3-13/h1-6,11,23-24H,7-10,19H2,(H,20,25). The largest absolute Gasteiger partial charge is 0.508 e. The van der Waals surface area contributed by atoms with E-state index in [1.165, 1.54) is 23.1 Å². The lowest BCUT2D eigenvalue weighted by Gasteiger charge is -2.35. The van der Waals surface area contributed by atoms with Crippen LogP contribution in [0.2, 0.25) is 0 Å². The Balaban J connectivity index is 1.56. The lowest BCUT2D eigenvalue weighted by molar-refractivity contribution is -0.143. The molecule has 8 nitrogen and oxygen atoms in total. The number of amides is 2. The third kappa shape index (κ3) is 3.80. The Morgan fingerprint density at radius 3 is 2.23 bits per heavy atom. The minimum Gasteiger partial charge on any atom is -0.508 e. The molecule has 0 saturated carbocycles. The fourth-order valence-electron chi connectivity index (χ4n) is 2.78. The van der Waals surface area contributed by atoms with Crippen LogP contribution in [0, 0.1) is 0 Å². The van der Waals surface area contributed by atoms with Gasteiger partial charge in [-0.1, -0.05) is 0 Å². The molecule has 1 aliphatic heterocycles. The summed E-state index contributed by atoms with van der Waals surface area (Å²) >= 11 is 0. The van der Waals surface area contributed by atoms with E-state index in [9.17, 15) is 19.8 Å². The van der Waals surface area contributed by atoms with E-state index in [2.05, 4.69) is 10.2 Å². The van der Waals surface area contributed by atoms with Crippen molar-refractivity contribution in [1.82, 2.24) is 4.90 Å². The highest BCUT2D eigenvalue weighted by Crippen LogP contribution is 2.24. The van der Waals surface area contributed by atoms with Crippen molar-refractivity contribution in [3.63, 3.8) is 0 Å². The quantitative estimate of drug-likeness (QED) is 0.362. The van der Waals surface area contributed by atoms with E-state index in [4.69, 9.17) is 5.73 Å². The number of nitrogen functional groups attached to an aromatic ring is 1. The summed E-state index contributed by atoms with van der Waals surface area (Å²) in [4.78, 5) is 28.0. The number of phenols is 2. The topological polar surface area (TPSA) is 119 Å². The summed E-state index contributed by atoms with van der Waals surface area (Å²) in [5.41, 5.74) is 6.96. The first-order chi connectivity index (χ1) is 12.4. The Kier molecular flexibility index (Phi) is 4.83. The molecule has 136 valence electrons. The number of anilines is 3. The minimum atomic E-state index is -0.757. The van der Waals surface area contributed by atoms with Gasteiger partial charge < -0.3 is 31.1 Å². The van der Waals surface area contributed by atoms with Crippen molar-refractivity contribution in [1.29, 1.82) is 0 Å². The lowest BCUT2D eigenvalue weighted by Crippen LogP contribution is -2.51. The van der Waals surface area contributed by atoms with Gasteiger partial charge in [-0.15, -0.1) is 0 Å². The first kappa shape index (κ1) is 17.4. The summed E-state index contributed by atoms with van der Waals surface area (Å²) in [7, 11) is 0. The molecule has 0 aliphatic carbocycles. The van der Waals surface area contributed by atoms with Crippen molar-refractivity contribution in [3.05, 3.63) is 42.5 Å². The van der Waals surface area contributed by atoms with Gasteiger partial charge in [0.1, 0.15) is 11.5 Å². The number of phenolic OH excluding ortho intramolecular Hbond substituents is 2. The molecule has 2 aromatic rings. The van der Waals surface area contributed by atoms with Gasteiger partial charge in [-0.3, -0.25) is 9.59 Å². The lowest BCUT2D eigenvalue weighted by atomic mass is 10.2. The Morgan fingerprint density at radius 2 is 1.62 bits per heavy atom. The minimum absolute atomic E-state index is 0.155. The second kappa shape index (κ2) is 7.22. The third-order valence-electron chi connectivity index (χ3n) is 4.26. The monoisotopic (exact) mass is 356 g/mol. The first-order valence-electron chi connectivity index (χ1n) is 8.17. The zero-order chi connectivity index (χ0) is 18.7. The highest BCUT2D eigenvalue weighted by Gasteiger charge is 2.26. The summed E-state index contributed by atoms with van der Waals surface area (Å²) in [6.45, 7) is 2.01. The molecule has 26 heavy (non-hydrogen) atoms. The average Bonchev–Trinajstić information content (AvgIpc) is 2.65. The van der Waals surface area contributed by atoms with Gasteiger partial charge >= 0.3 is 11.8 Å². The van der Waals surface area contributed by atoms with E-state index in [0.717, 1.165) is 5.69 Å². The fourth-order valence-corrected chi connectivity index (χ4v) is 2.78. The van der Waals surface area contributed by atoms with Crippen molar-refractivity contribution >= 4 is 28.9 Å². The van der Waals surface area contributed by atoms with Crippen molar-refractivity contribution in [2.45, 2.75) is 0 Å². The molecular formula is C18H20N4O4. The van der Waals surface area contributed by atoms with Crippen molar-refractivity contribution in [3.8, 4) is 11.5 Å². The Hall–Kier alpha value is -3.42. The van der Waals surface area contributed by atoms with Crippen LogP contribution in [-0.2, 0) is 9.59 Å². The van der Waals surface area contributed by atoms with Crippen LogP contribution < -0.4 is 16.0 Å². The molecule has 1 aliphatic rings. The molecule has 0 unspecified atom stereocenters. The number of nitrogens with two attached hydrogens (primary N) is 1. The van der Waals surface area contributed by atoms with Crippen molar-refractivity contribution in [2.75, 3.05) is 42.1 Å². The van der Waals surface area contributed by atoms with Gasteiger partial charge in [-0.2, -0.15) is 0 Å². The predicted octanol–water partition coefficient (Wildman–Crippen LogP) is 0.967. The van der Waals surface area contributed by atoms with Gasteiger partial charge in [-0.25, -0.2) is 0 Å². The Bertz CT molecular complexity index is 814. The number of rotatable bonds is 2. The first-order valence-corrected chi connectivity index (χ1v) is 8.17. The fraction of sp³-hybridized carbons (Fsp3) is 0.222. The summed E-state index contributed by atoms with van der Waals surface area (Å²) in [6.07, 6.45) is 0. The molecule has 0 atom stereocenters. The normalized spacial score (nSPS) is 14.2. The number of benzene rings is 2. The Labute approximate surface area is 150 Å². The zero-order valence-electron chi connectivity index (χ0n) is 14.1. The SMILES string of the molecule is Nc1ccc(NC(=O)C(=O)N2CCN(c3ccc(O)cc3)CC2)cc1O. The second-order valence-electron chi connectivity index (χ2n) is 6.02. The van der Waals surface area contributed by atoms with Crippen LogP contribution in [0.1, 0.15) is 0 Å². The maximum absolute atomic E-state index is 12.3. The maximum atomic E-state index is 12.3. The predicted molar refractivity (Wildman–Crippen MR) is 98.0 cm³/mol. The van der Waals surface area contributed by atoms with Crippen LogP contribution in [0.4, 0.5) is 17.1 Å². The summed E-state index contributed by atoms with van der Waals surface area (Å²) in [6, 6.07) is 11.1. The molecule has 3 rings (SSSR count). The number of nitrogens with one attached hydrogen (secondary N) is 1. The van der Waals surface area contributed by atoms with Crippen LogP contribution >= 0.6 is 0 Å².